The molecule has 0 aromatic heterocycles. The molecule has 0 saturated heterocycles. The van der Waals surface area contributed by atoms with Gasteiger partial charge >= 0.3 is 0 Å². The zero-order chi connectivity index (χ0) is 6.85. The van der Waals surface area contributed by atoms with Crippen molar-refractivity contribution in [2.75, 3.05) is 0 Å². The molecule has 45 valence electrons. The summed E-state index contributed by atoms with van der Waals surface area (Å²) in [6.07, 6.45) is 0. The van der Waals surface area contributed by atoms with E-state index in [-0.39, 0.29) is 0 Å². The molecule has 1 aromatic carbocycles. The summed E-state index contributed by atoms with van der Waals surface area (Å²) < 4.78 is 0. The van der Waals surface area contributed by atoms with Gasteiger partial charge in [0.05, 0.1) is 10.2 Å². The third-order valence-electron chi connectivity index (χ3n) is 1.48. The third-order valence-corrected chi connectivity index (χ3v) is 2.27. The molecule has 0 heterocycles. The molecule has 0 aliphatic rings. The maximum Gasteiger partial charge on any atom is 0.0719 e. The Balaban J connectivity index is 3.25. The molecule has 0 N–H and O–H groups in total. The van der Waals surface area contributed by atoms with Crippen LogP contribution >= 0.6 is 0 Å². The lowest BCUT2D eigenvalue weighted by molar-refractivity contribution is 1.43. The normalized spacial score (nSPS) is 9.67. The molecule has 3 radical (unpaired) electrons. The highest BCUT2D eigenvalue weighted by molar-refractivity contribution is 6.34. The summed E-state index contributed by atoms with van der Waals surface area (Å²) in [5.41, 5.74) is 2.60. The molecule has 1 heteroatoms. The SMILES string of the molecule is Cc1cccc(C)c1[Si]. The lowest BCUT2D eigenvalue weighted by atomic mass is 10.2. The summed E-state index contributed by atoms with van der Waals surface area (Å²) in [7, 11) is 3.53. The molecule has 9 heavy (non-hydrogen) atoms. The van der Waals surface area contributed by atoms with Crippen LogP contribution in [0.5, 0.6) is 0 Å². The van der Waals surface area contributed by atoms with Crippen molar-refractivity contribution in [3.05, 3.63) is 29.3 Å². The number of hydrogen-bond acceptors (Lipinski definition) is 0. The molecule has 0 fully saturated rings. The van der Waals surface area contributed by atoms with Gasteiger partial charge in [-0.1, -0.05) is 34.5 Å². The Kier molecular flexibility index (Phi) is 1.72. The Labute approximate surface area is 59.3 Å². The third kappa shape index (κ3) is 1.22. The van der Waals surface area contributed by atoms with Crippen molar-refractivity contribution in [3.8, 4) is 0 Å². The van der Waals surface area contributed by atoms with E-state index < -0.39 is 0 Å². The predicted octanol–water partition coefficient (Wildman–Crippen LogP) is 1.10. The maximum absolute atomic E-state index is 3.53. The summed E-state index contributed by atoms with van der Waals surface area (Å²) in [4.78, 5) is 0. The van der Waals surface area contributed by atoms with E-state index in [1.54, 1.807) is 0 Å². The summed E-state index contributed by atoms with van der Waals surface area (Å²) in [6.45, 7) is 4.19. The molecule has 0 aliphatic heterocycles. The van der Waals surface area contributed by atoms with Gasteiger partial charge in [-0.05, 0) is 13.8 Å². The smallest absolute Gasteiger partial charge is 0.0618 e. The van der Waals surface area contributed by atoms with Crippen LogP contribution in [0.25, 0.3) is 0 Å². The van der Waals surface area contributed by atoms with E-state index in [2.05, 4.69) is 42.3 Å². The Morgan fingerprint density at radius 2 is 1.56 bits per heavy atom. The van der Waals surface area contributed by atoms with Crippen LogP contribution in [-0.4, -0.2) is 10.2 Å². The molecule has 0 atom stereocenters. The lowest BCUT2D eigenvalue weighted by Gasteiger charge is -2.00. The molecule has 0 bridgehead atoms. The minimum atomic E-state index is 1.22. The van der Waals surface area contributed by atoms with E-state index in [9.17, 15) is 0 Å². The standard InChI is InChI=1S/C8H9Si/c1-6-4-3-5-7(2)8(6)9/h3-5H,1-2H3. The molecular formula is C8H9Si. The molecular weight excluding hydrogens is 124 g/mol. The first-order valence-electron chi connectivity index (χ1n) is 2.99. The van der Waals surface area contributed by atoms with Crippen LogP contribution in [0.3, 0.4) is 0 Å². The Morgan fingerprint density at radius 1 is 1.11 bits per heavy atom. The van der Waals surface area contributed by atoms with Gasteiger partial charge in [0.2, 0.25) is 0 Å². The quantitative estimate of drug-likeness (QED) is 0.465. The fourth-order valence-electron chi connectivity index (χ4n) is 0.814. The maximum atomic E-state index is 3.53. The minimum absolute atomic E-state index is 1.22. The molecule has 0 nitrogen and oxygen atoms in total. The van der Waals surface area contributed by atoms with Gasteiger partial charge < -0.3 is 0 Å². The average molecular weight is 133 g/mol. The molecule has 0 spiro atoms. The second kappa shape index (κ2) is 2.36. The van der Waals surface area contributed by atoms with Gasteiger partial charge in [-0.2, -0.15) is 0 Å². The van der Waals surface area contributed by atoms with Gasteiger partial charge in [-0.25, -0.2) is 0 Å². The van der Waals surface area contributed by atoms with Crippen molar-refractivity contribution in [3.63, 3.8) is 0 Å². The van der Waals surface area contributed by atoms with Crippen molar-refractivity contribution in [2.24, 2.45) is 0 Å². The number of aryl methyl sites for hydroxylation is 2. The fourth-order valence-corrected chi connectivity index (χ4v) is 0.981. The molecule has 0 saturated carbocycles. The summed E-state index contributed by atoms with van der Waals surface area (Å²) in [5.74, 6) is 0. The van der Waals surface area contributed by atoms with Gasteiger partial charge in [0.1, 0.15) is 0 Å². The van der Waals surface area contributed by atoms with E-state index in [4.69, 9.17) is 0 Å². The molecule has 0 aliphatic carbocycles. The monoisotopic (exact) mass is 133 g/mol. The Morgan fingerprint density at radius 3 is 1.89 bits per heavy atom. The van der Waals surface area contributed by atoms with Crippen LogP contribution in [0.2, 0.25) is 0 Å². The van der Waals surface area contributed by atoms with E-state index in [0.29, 0.717) is 0 Å². The van der Waals surface area contributed by atoms with E-state index in [0.717, 1.165) is 0 Å². The number of hydrogen-bond donors (Lipinski definition) is 0. The van der Waals surface area contributed by atoms with Gasteiger partial charge in [0, 0.05) is 0 Å². The molecule has 1 rings (SSSR count). The topological polar surface area (TPSA) is 0 Å². The highest BCUT2D eigenvalue weighted by Gasteiger charge is 1.91. The number of rotatable bonds is 0. The zero-order valence-electron chi connectivity index (χ0n) is 5.73. The second-order valence-corrected chi connectivity index (χ2v) is 2.77. The van der Waals surface area contributed by atoms with Crippen molar-refractivity contribution in [1.82, 2.24) is 0 Å². The van der Waals surface area contributed by atoms with Crippen LogP contribution < -0.4 is 5.19 Å². The first-order valence-corrected chi connectivity index (χ1v) is 3.49. The summed E-state index contributed by atoms with van der Waals surface area (Å²) in [5, 5.41) is 1.22. The van der Waals surface area contributed by atoms with Gasteiger partial charge in [0.25, 0.3) is 0 Å². The van der Waals surface area contributed by atoms with Crippen molar-refractivity contribution in [1.29, 1.82) is 0 Å². The van der Waals surface area contributed by atoms with E-state index >= 15 is 0 Å². The molecule has 0 unspecified atom stereocenters. The summed E-state index contributed by atoms with van der Waals surface area (Å²) in [6, 6.07) is 6.25. The Bertz CT molecular complexity index is 196. The molecule has 0 amide bonds. The molecule has 1 aromatic rings. The summed E-state index contributed by atoms with van der Waals surface area (Å²) >= 11 is 0. The van der Waals surface area contributed by atoms with E-state index in [1.807, 2.05) is 0 Å². The highest BCUT2D eigenvalue weighted by Crippen LogP contribution is 1.96. The van der Waals surface area contributed by atoms with Crippen LogP contribution in [0.15, 0.2) is 18.2 Å². The van der Waals surface area contributed by atoms with Crippen LogP contribution in [0, 0.1) is 13.8 Å². The van der Waals surface area contributed by atoms with Crippen molar-refractivity contribution < 1.29 is 0 Å². The average Bonchev–Trinajstić information content (AvgIpc) is 1.83. The second-order valence-electron chi connectivity index (χ2n) is 2.27. The first kappa shape index (κ1) is 6.56. The van der Waals surface area contributed by atoms with Gasteiger partial charge in [0.15, 0.2) is 0 Å². The van der Waals surface area contributed by atoms with Crippen molar-refractivity contribution in [2.45, 2.75) is 13.8 Å². The van der Waals surface area contributed by atoms with Crippen LogP contribution in [0.4, 0.5) is 0 Å². The van der Waals surface area contributed by atoms with E-state index in [1.165, 1.54) is 16.3 Å². The lowest BCUT2D eigenvalue weighted by Crippen LogP contribution is -2.10. The fraction of sp³-hybridized carbons (Fsp3) is 0.250. The zero-order valence-corrected chi connectivity index (χ0v) is 6.73. The number of benzene rings is 1. The van der Waals surface area contributed by atoms with Crippen molar-refractivity contribution >= 4 is 15.4 Å². The largest absolute Gasteiger partial charge is 0.0719 e. The first-order chi connectivity index (χ1) is 4.22. The van der Waals surface area contributed by atoms with Crippen LogP contribution in [0.1, 0.15) is 11.1 Å². The predicted molar refractivity (Wildman–Crippen MR) is 41.3 cm³/mol. The highest BCUT2D eigenvalue weighted by atomic mass is 28.1. The Hall–Kier alpha value is -0.563. The van der Waals surface area contributed by atoms with Gasteiger partial charge in [-0.3, -0.25) is 0 Å². The minimum Gasteiger partial charge on any atom is -0.0618 e. The van der Waals surface area contributed by atoms with Gasteiger partial charge in [-0.15, -0.1) is 0 Å². The van der Waals surface area contributed by atoms with Crippen LogP contribution in [-0.2, 0) is 0 Å².